The van der Waals surface area contributed by atoms with Gasteiger partial charge in [-0.1, -0.05) is 12.1 Å². The number of hydrogen-bond acceptors (Lipinski definition) is 3. The second-order valence-electron chi connectivity index (χ2n) is 6.88. The van der Waals surface area contributed by atoms with Crippen LogP contribution in [0.4, 0.5) is 28.0 Å². The van der Waals surface area contributed by atoms with Gasteiger partial charge in [-0.15, -0.1) is 0 Å². The Morgan fingerprint density at radius 2 is 1.73 bits per heavy atom. The van der Waals surface area contributed by atoms with E-state index in [2.05, 4.69) is 0 Å². The summed E-state index contributed by atoms with van der Waals surface area (Å²) in [5, 5.41) is 8.68. The molecule has 2 N–H and O–H groups in total. The fraction of sp³-hybridized carbons (Fsp3) is 0.300. The van der Waals surface area contributed by atoms with Crippen LogP contribution in [0.15, 0.2) is 48.5 Å². The number of nitrogens with zero attached hydrogens (tertiary/aromatic N) is 2. The standard InChI is InChI=1S/C20H19F4N3O3/c21-16-9-10-26(12-16)19(29)27(17-7-5-15(6-8-17)20(22,23)24)11-13-1-3-14(4-2-13)18(28)25-30/h1-8,16,30H,9-12H2,(H,25,28)/t16-/m0/s1. The van der Waals surface area contributed by atoms with E-state index in [0.29, 0.717) is 5.56 Å². The van der Waals surface area contributed by atoms with E-state index in [1.165, 1.54) is 39.5 Å². The van der Waals surface area contributed by atoms with Gasteiger partial charge in [0, 0.05) is 17.8 Å². The van der Waals surface area contributed by atoms with Crippen molar-refractivity contribution in [3.8, 4) is 0 Å². The van der Waals surface area contributed by atoms with E-state index in [0.717, 1.165) is 12.1 Å². The minimum atomic E-state index is -4.51. The minimum absolute atomic E-state index is 0.00132. The van der Waals surface area contributed by atoms with Crippen LogP contribution in [0.5, 0.6) is 0 Å². The molecule has 1 saturated heterocycles. The summed E-state index contributed by atoms with van der Waals surface area (Å²) >= 11 is 0. The highest BCUT2D eigenvalue weighted by Crippen LogP contribution is 2.31. The van der Waals surface area contributed by atoms with Crippen LogP contribution in [0.2, 0.25) is 0 Å². The van der Waals surface area contributed by atoms with Gasteiger partial charge < -0.3 is 4.90 Å². The molecule has 1 fully saturated rings. The quantitative estimate of drug-likeness (QED) is 0.442. The Morgan fingerprint density at radius 3 is 2.23 bits per heavy atom. The largest absolute Gasteiger partial charge is 0.416 e. The van der Waals surface area contributed by atoms with Crippen molar-refractivity contribution in [2.75, 3.05) is 18.0 Å². The molecule has 1 aliphatic heterocycles. The number of carbonyl (C=O) groups is 2. The molecule has 0 unspecified atom stereocenters. The van der Waals surface area contributed by atoms with Gasteiger partial charge in [0.25, 0.3) is 5.91 Å². The van der Waals surface area contributed by atoms with Gasteiger partial charge in [0.15, 0.2) is 0 Å². The number of likely N-dealkylation sites (tertiary alicyclic amines) is 1. The number of hydrogen-bond donors (Lipinski definition) is 2. The summed E-state index contributed by atoms with van der Waals surface area (Å²) in [6.45, 7) is 0.136. The average Bonchev–Trinajstić information content (AvgIpc) is 3.17. The summed E-state index contributed by atoms with van der Waals surface area (Å²) in [5.74, 6) is -0.705. The summed E-state index contributed by atoms with van der Waals surface area (Å²) in [5.41, 5.74) is 1.67. The molecule has 10 heteroatoms. The van der Waals surface area contributed by atoms with Gasteiger partial charge >= 0.3 is 12.2 Å². The number of hydroxylamine groups is 1. The maximum atomic E-state index is 13.6. The molecule has 0 aromatic heterocycles. The van der Waals surface area contributed by atoms with E-state index in [4.69, 9.17) is 5.21 Å². The highest BCUT2D eigenvalue weighted by atomic mass is 19.4. The molecular formula is C20H19F4N3O3. The van der Waals surface area contributed by atoms with Gasteiger partial charge in [0.1, 0.15) is 6.17 Å². The lowest BCUT2D eigenvalue weighted by Crippen LogP contribution is -2.42. The summed E-state index contributed by atoms with van der Waals surface area (Å²) < 4.78 is 52.2. The molecule has 3 amide bonds. The van der Waals surface area contributed by atoms with Crippen molar-refractivity contribution >= 4 is 17.6 Å². The van der Waals surface area contributed by atoms with Crippen LogP contribution in [-0.2, 0) is 12.7 Å². The van der Waals surface area contributed by atoms with Gasteiger partial charge in [-0.05, 0) is 48.4 Å². The van der Waals surface area contributed by atoms with Crippen molar-refractivity contribution in [3.05, 3.63) is 65.2 Å². The second-order valence-corrected chi connectivity index (χ2v) is 6.88. The second kappa shape index (κ2) is 8.70. The van der Waals surface area contributed by atoms with Gasteiger partial charge in [-0.2, -0.15) is 13.2 Å². The highest BCUT2D eigenvalue weighted by molar-refractivity contribution is 5.94. The third-order valence-corrected chi connectivity index (χ3v) is 4.80. The molecule has 1 heterocycles. The Morgan fingerprint density at radius 1 is 1.10 bits per heavy atom. The van der Waals surface area contributed by atoms with Crippen molar-refractivity contribution in [3.63, 3.8) is 0 Å². The number of amides is 3. The van der Waals surface area contributed by atoms with Gasteiger partial charge in [-0.3, -0.25) is 14.9 Å². The Labute approximate surface area is 169 Å². The third-order valence-electron chi connectivity index (χ3n) is 4.80. The van der Waals surface area contributed by atoms with Crippen LogP contribution in [0, 0.1) is 0 Å². The SMILES string of the molecule is O=C(NO)c1ccc(CN(C(=O)N2CC[C@H](F)C2)c2ccc(C(F)(F)F)cc2)cc1. The molecule has 1 atom stereocenters. The minimum Gasteiger partial charge on any atom is -0.321 e. The normalized spacial score (nSPS) is 16.4. The van der Waals surface area contributed by atoms with Crippen LogP contribution in [0.1, 0.15) is 27.9 Å². The van der Waals surface area contributed by atoms with E-state index in [1.807, 2.05) is 0 Å². The summed E-state index contributed by atoms with van der Waals surface area (Å²) in [6.07, 6.45) is -5.44. The molecule has 0 bridgehead atoms. The lowest BCUT2D eigenvalue weighted by atomic mass is 10.1. The van der Waals surface area contributed by atoms with E-state index in [-0.39, 0.29) is 37.3 Å². The molecule has 0 saturated carbocycles. The fourth-order valence-corrected chi connectivity index (χ4v) is 3.17. The predicted octanol–water partition coefficient (Wildman–Crippen LogP) is 3.99. The molecule has 1 aliphatic rings. The zero-order valence-corrected chi connectivity index (χ0v) is 15.7. The molecule has 0 spiro atoms. The van der Waals surface area contributed by atoms with Crippen LogP contribution in [0.3, 0.4) is 0 Å². The number of benzene rings is 2. The lowest BCUT2D eigenvalue weighted by Gasteiger charge is -2.28. The molecule has 2 aromatic rings. The van der Waals surface area contributed by atoms with Crippen LogP contribution in [0.25, 0.3) is 0 Å². The first-order chi connectivity index (χ1) is 14.2. The Balaban J connectivity index is 1.87. The zero-order chi connectivity index (χ0) is 21.9. The molecule has 160 valence electrons. The number of anilines is 1. The maximum absolute atomic E-state index is 13.6. The molecule has 2 aromatic carbocycles. The van der Waals surface area contributed by atoms with E-state index < -0.39 is 29.8 Å². The van der Waals surface area contributed by atoms with E-state index >= 15 is 0 Å². The summed E-state index contributed by atoms with van der Waals surface area (Å²) in [6, 6.07) is 9.60. The van der Waals surface area contributed by atoms with Crippen LogP contribution < -0.4 is 10.4 Å². The number of nitrogens with one attached hydrogen (secondary N) is 1. The van der Waals surface area contributed by atoms with E-state index in [1.54, 1.807) is 12.1 Å². The smallest absolute Gasteiger partial charge is 0.321 e. The number of rotatable bonds is 4. The van der Waals surface area contributed by atoms with E-state index in [9.17, 15) is 27.2 Å². The Hall–Kier alpha value is -3.14. The number of alkyl halides is 4. The van der Waals surface area contributed by atoms with Crippen molar-refractivity contribution in [1.29, 1.82) is 0 Å². The van der Waals surface area contributed by atoms with Crippen LogP contribution >= 0.6 is 0 Å². The first-order valence-corrected chi connectivity index (χ1v) is 9.10. The fourth-order valence-electron chi connectivity index (χ4n) is 3.17. The molecule has 0 aliphatic carbocycles. The topological polar surface area (TPSA) is 72.9 Å². The van der Waals surface area contributed by atoms with Gasteiger partial charge in [0.2, 0.25) is 0 Å². The Kier molecular flexibility index (Phi) is 6.25. The summed E-state index contributed by atoms with van der Waals surface area (Å²) in [4.78, 5) is 27.0. The first kappa shape index (κ1) is 21.6. The number of urea groups is 1. The molecule has 30 heavy (non-hydrogen) atoms. The lowest BCUT2D eigenvalue weighted by molar-refractivity contribution is -0.137. The molecule has 3 rings (SSSR count). The Bertz CT molecular complexity index is 901. The third kappa shape index (κ3) is 4.88. The monoisotopic (exact) mass is 425 g/mol. The van der Waals surface area contributed by atoms with Gasteiger partial charge in [-0.25, -0.2) is 14.7 Å². The number of carbonyl (C=O) groups excluding carboxylic acids is 2. The van der Waals surface area contributed by atoms with Crippen molar-refractivity contribution in [2.45, 2.75) is 25.3 Å². The molecule has 0 radical (unpaired) electrons. The molecule has 6 nitrogen and oxygen atoms in total. The van der Waals surface area contributed by atoms with Crippen LogP contribution in [-0.4, -0.2) is 41.3 Å². The average molecular weight is 425 g/mol. The first-order valence-electron chi connectivity index (χ1n) is 9.10. The predicted molar refractivity (Wildman–Crippen MR) is 99.8 cm³/mol. The molecular weight excluding hydrogens is 406 g/mol. The summed E-state index contributed by atoms with van der Waals surface area (Å²) in [7, 11) is 0. The van der Waals surface area contributed by atoms with Gasteiger partial charge in [0.05, 0.1) is 18.7 Å². The number of halogens is 4. The van der Waals surface area contributed by atoms with Crippen molar-refractivity contribution < 1.29 is 32.4 Å². The maximum Gasteiger partial charge on any atom is 0.416 e. The zero-order valence-electron chi connectivity index (χ0n) is 15.7. The highest BCUT2D eigenvalue weighted by Gasteiger charge is 2.32. The van der Waals surface area contributed by atoms with Crippen molar-refractivity contribution in [1.82, 2.24) is 10.4 Å². The van der Waals surface area contributed by atoms with Crippen molar-refractivity contribution in [2.24, 2.45) is 0 Å².